The highest BCUT2D eigenvalue weighted by molar-refractivity contribution is 7.85. The molecule has 1 heterocycles. The van der Waals surface area contributed by atoms with Crippen molar-refractivity contribution in [3.63, 3.8) is 0 Å². The molecule has 1 N–H and O–H groups in total. The molecule has 1 unspecified atom stereocenters. The van der Waals surface area contributed by atoms with Gasteiger partial charge in [-0.3, -0.25) is 4.79 Å². The van der Waals surface area contributed by atoms with Crippen LogP contribution in [-0.2, 0) is 10.8 Å². The standard InChI is InChI=1S/C22H18N2O4S/c1-27-14-11-12-18(28-2)20(13-14)29(26)19-10-6-4-8-16(19)21-23-17-9-5-3-7-15(17)22(25)24-21/h3-13H,1-2H3,(H,23,24,25). The van der Waals surface area contributed by atoms with Gasteiger partial charge in [0.15, 0.2) is 0 Å². The molecule has 0 fully saturated rings. The number of benzene rings is 3. The van der Waals surface area contributed by atoms with E-state index in [1.165, 1.54) is 7.11 Å². The summed E-state index contributed by atoms with van der Waals surface area (Å²) in [4.78, 5) is 20.9. The molecule has 29 heavy (non-hydrogen) atoms. The first-order valence-corrected chi connectivity index (χ1v) is 9.99. The van der Waals surface area contributed by atoms with E-state index in [-0.39, 0.29) is 5.56 Å². The highest BCUT2D eigenvalue weighted by Crippen LogP contribution is 2.33. The molecule has 0 aliphatic rings. The third-order valence-corrected chi connectivity index (χ3v) is 6.00. The molecule has 0 saturated carbocycles. The van der Waals surface area contributed by atoms with Gasteiger partial charge in [-0.2, -0.15) is 0 Å². The van der Waals surface area contributed by atoms with Crippen molar-refractivity contribution < 1.29 is 13.7 Å². The maximum Gasteiger partial charge on any atom is 0.259 e. The lowest BCUT2D eigenvalue weighted by atomic mass is 10.2. The minimum atomic E-state index is -1.59. The highest BCUT2D eigenvalue weighted by Gasteiger charge is 2.19. The Morgan fingerprint density at radius 3 is 2.45 bits per heavy atom. The van der Waals surface area contributed by atoms with E-state index in [9.17, 15) is 9.00 Å². The fourth-order valence-electron chi connectivity index (χ4n) is 3.09. The number of ether oxygens (including phenoxy) is 2. The van der Waals surface area contributed by atoms with Crippen molar-refractivity contribution in [2.75, 3.05) is 14.2 Å². The third kappa shape index (κ3) is 3.52. The number of nitrogens with one attached hydrogen (secondary N) is 1. The van der Waals surface area contributed by atoms with Crippen molar-refractivity contribution in [3.8, 4) is 22.9 Å². The zero-order valence-electron chi connectivity index (χ0n) is 15.8. The Kier molecular flexibility index (Phi) is 5.14. The van der Waals surface area contributed by atoms with E-state index in [2.05, 4.69) is 9.97 Å². The van der Waals surface area contributed by atoms with Crippen molar-refractivity contribution in [2.45, 2.75) is 9.79 Å². The molecule has 3 aromatic carbocycles. The number of nitrogens with zero attached hydrogens (tertiary/aromatic N) is 1. The maximum absolute atomic E-state index is 13.5. The monoisotopic (exact) mass is 406 g/mol. The lowest BCUT2D eigenvalue weighted by molar-refractivity contribution is 0.393. The van der Waals surface area contributed by atoms with Crippen molar-refractivity contribution in [1.29, 1.82) is 0 Å². The molecule has 0 bridgehead atoms. The van der Waals surface area contributed by atoms with Gasteiger partial charge in [-0.05, 0) is 30.3 Å². The molecule has 0 amide bonds. The SMILES string of the molecule is COc1ccc(OC)c(S(=O)c2ccccc2-c2nc3ccccc3c(=O)[nH]2)c1. The second-order valence-electron chi connectivity index (χ2n) is 6.21. The van der Waals surface area contributed by atoms with Gasteiger partial charge in [0.2, 0.25) is 0 Å². The number of fused-ring (bicyclic) bond motifs is 1. The van der Waals surface area contributed by atoms with Gasteiger partial charge < -0.3 is 14.5 Å². The summed E-state index contributed by atoms with van der Waals surface area (Å²) in [5.74, 6) is 1.42. The average Bonchev–Trinajstić information content (AvgIpc) is 2.78. The number of H-pyrrole nitrogens is 1. The number of aromatic amines is 1. The summed E-state index contributed by atoms with van der Waals surface area (Å²) in [6.07, 6.45) is 0. The van der Waals surface area contributed by atoms with Crippen molar-refractivity contribution >= 4 is 21.7 Å². The van der Waals surface area contributed by atoms with Crippen LogP contribution in [0.5, 0.6) is 11.5 Å². The molecule has 1 aromatic heterocycles. The first-order chi connectivity index (χ1) is 14.1. The summed E-state index contributed by atoms with van der Waals surface area (Å²) >= 11 is 0. The average molecular weight is 406 g/mol. The minimum Gasteiger partial charge on any atom is -0.497 e. The van der Waals surface area contributed by atoms with Gasteiger partial charge in [-0.25, -0.2) is 9.19 Å². The van der Waals surface area contributed by atoms with Crippen LogP contribution in [0.15, 0.2) is 81.3 Å². The molecule has 0 aliphatic carbocycles. The molecule has 4 rings (SSSR count). The van der Waals surface area contributed by atoms with E-state index in [1.54, 1.807) is 61.7 Å². The van der Waals surface area contributed by atoms with Crippen molar-refractivity contribution in [3.05, 3.63) is 77.1 Å². The first kappa shape index (κ1) is 18.9. The summed E-state index contributed by atoms with van der Waals surface area (Å²) in [5, 5.41) is 0.504. The van der Waals surface area contributed by atoms with E-state index in [1.807, 2.05) is 12.1 Å². The zero-order valence-corrected chi connectivity index (χ0v) is 16.7. The fourth-order valence-corrected chi connectivity index (χ4v) is 4.45. The Bertz CT molecular complexity index is 1280. The normalized spacial score (nSPS) is 11.9. The number of hydrogen-bond donors (Lipinski definition) is 1. The van der Waals surface area contributed by atoms with Crippen LogP contribution in [0.3, 0.4) is 0 Å². The van der Waals surface area contributed by atoms with E-state index < -0.39 is 10.8 Å². The number of hydrogen-bond acceptors (Lipinski definition) is 5. The first-order valence-electron chi connectivity index (χ1n) is 8.84. The van der Waals surface area contributed by atoms with Crippen LogP contribution in [0.2, 0.25) is 0 Å². The predicted octanol–water partition coefficient (Wildman–Crippen LogP) is 3.77. The van der Waals surface area contributed by atoms with Gasteiger partial charge in [0.1, 0.15) is 17.3 Å². The van der Waals surface area contributed by atoms with Crippen LogP contribution in [0.1, 0.15) is 0 Å². The molecular weight excluding hydrogens is 388 g/mol. The number of aromatic nitrogens is 2. The third-order valence-electron chi connectivity index (χ3n) is 4.53. The maximum atomic E-state index is 13.5. The van der Waals surface area contributed by atoms with Crippen LogP contribution in [0.4, 0.5) is 0 Å². The van der Waals surface area contributed by atoms with Gasteiger partial charge in [-0.15, -0.1) is 0 Å². The van der Waals surface area contributed by atoms with Gasteiger partial charge >= 0.3 is 0 Å². The lowest BCUT2D eigenvalue weighted by Crippen LogP contribution is -2.10. The second-order valence-corrected chi connectivity index (χ2v) is 7.63. The van der Waals surface area contributed by atoms with E-state index >= 15 is 0 Å². The summed E-state index contributed by atoms with van der Waals surface area (Å²) in [7, 11) is 1.48. The summed E-state index contributed by atoms with van der Waals surface area (Å²) in [5.41, 5.74) is 0.912. The minimum absolute atomic E-state index is 0.245. The van der Waals surface area contributed by atoms with Crippen molar-refractivity contribution in [1.82, 2.24) is 9.97 Å². The van der Waals surface area contributed by atoms with Crippen LogP contribution in [0, 0.1) is 0 Å². The molecule has 0 spiro atoms. The molecule has 6 nitrogen and oxygen atoms in total. The van der Waals surface area contributed by atoms with Crippen LogP contribution < -0.4 is 15.0 Å². The van der Waals surface area contributed by atoms with Gasteiger partial charge in [0, 0.05) is 11.6 Å². The van der Waals surface area contributed by atoms with E-state index in [0.717, 1.165) is 0 Å². The van der Waals surface area contributed by atoms with E-state index in [0.29, 0.717) is 43.6 Å². The predicted molar refractivity (Wildman–Crippen MR) is 112 cm³/mol. The van der Waals surface area contributed by atoms with Gasteiger partial charge in [0.25, 0.3) is 5.56 Å². The Balaban J connectivity index is 1.89. The molecule has 4 aromatic rings. The topological polar surface area (TPSA) is 81.3 Å². The Labute approximate surface area is 169 Å². The smallest absolute Gasteiger partial charge is 0.259 e. The highest BCUT2D eigenvalue weighted by atomic mass is 32.2. The Hall–Kier alpha value is -3.45. The fraction of sp³-hybridized carbons (Fsp3) is 0.0909. The van der Waals surface area contributed by atoms with Crippen molar-refractivity contribution in [2.24, 2.45) is 0 Å². The quantitative estimate of drug-likeness (QED) is 0.546. The molecular formula is C22H18N2O4S. The second kappa shape index (κ2) is 7.89. The number of para-hydroxylation sites is 1. The molecule has 7 heteroatoms. The van der Waals surface area contributed by atoms with Crippen LogP contribution in [0.25, 0.3) is 22.3 Å². The molecule has 0 aliphatic heterocycles. The number of rotatable bonds is 5. The lowest BCUT2D eigenvalue weighted by Gasteiger charge is -2.13. The Morgan fingerprint density at radius 2 is 1.66 bits per heavy atom. The number of methoxy groups -OCH3 is 2. The largest absolute Gasteiger partial charge is 0.497 e. The van der Waals surface area contributed by atoms with Gasteiger partial charge in [-0.1, -0.05) is 30.3 Å². The Morgan fingerprint density at radius 1 is 0.897 bits per heavy atom. The van der Waals surface area contributed by atoms with Crippen LogP contribution in [-0.4, -0.2) is 28.4 Å². The van der Waals surface area contributed by atoms with Crippen LogP contribution >= 0.6 is 0 Å². The summed E-state index contributed by atoms with van der Waals surface area (Å²) in [6, 6.07) is 19.4. The molecule has 146 valence electrons. The summed E-state index contributed by atoms with van der Waals surface area (Å²) in [6.45, 7) is 0. The van der Waals surface area contributed by atoms with Gasteiger partial charge in [0.05, 0.1) is 45.7 Å². The molecule has 1 atom stereocenters. The molecule has 0 radical (unpaired) electrons. The zero-order chi connectivity index (χ0) is 20.4. The van der Waals surface area contributed by atoms with E-state index in [4.69, 9.17) is 9.47 Å². The molecule has 0 saturated heterocycles. The summed E-state index contributed by atoms with van der Waals surface area (Å²) < 4.78 is 24.1.